The first-order valence-electron chi connectivity index (χ1n) is 4.85. The summed E-state index contributed by atoms with van der Waals surface area (Å²) in [4.78, 5) is 15.7. The Balaban J connectivity index is 2.51. The van der Waals surface area contributed by atoms with E-state index in [9.17, 15) is 4.79 Å². The molecule has 0 radical (unpaired) electrons. The molecule has 0 spiro atoms. The highest BCUT2D eigenvalue weighted by molar-refractivity contribution is 5.74. The number of hydrogen-bond acceptors (Lipinski definition) is 3. The molecule has 1 aliphatic heterocycles. The van der Waals surface area contributed by atoms with E-state index in [4.69, 9.17) is 4.74 Å². The van der Waals surface area contributed by atoms with Crippen molar-refractivity contribution in [2.24, 2.45) is 16.8 Å². The maximum Gasteiger partial charge on any atom is 0.310 e. The van der Waals surface area contributed by atoms with E-state index in [-0.39, 0.29) is 17.9 Å². The molecule has 1 heterocycles. The SMILES string of the molecule is CCOC(=O)[C@@H](C)[C@H]1N=CC[C@@H]1C. The molecule has 3 heteroatoms. The number of nitrogens with zero attached hydrogens (tertiary/aromatic N) is 1. The fourth-order valence-corrected chi connectivity index (χ4v) is 1.67. The lowest BCUT2D eigenvalue weighted by Crippen LogP contribution is -2.28. The molecule has 0 saturated carbocycles. The van der Waals surface area contributed by atoms with Gasteiger partial charge in [-0.25, -0.2) is 0 Å². The molecule has 0 aromatic heterocycles. The normalized spacial score (nSPS) is 28.8. The minimum absolute atomic E-state index is 0.103. The Hall–Kier alpha value is -0.860. The third-order valence-electron chi connectivity index (χ3n) is 2.51. The van der Waals surface area contributed by atoms with Gasteiger partial charge in [0.25, 0.3) is 0 Å². The van der Waals surface area contributed by atoms with Crippen LogP contribution in [0.5, 0.6) is 0 Å². The fourth-order valence-electron chi connectivity index (χ4n) is 1.67. The van der Waals surface area contributed by atoms with E-state index in [0.717, 1.165) is 6.42 Å². The number of aliphatic imine (C=N–C) groups is 1. The summed E-state index contributed by atoms with van der Waals surface area (Å²) in [5.74, 6) is 0.242. The van der Waals surface area contributed by atoms with Crippen LogP contribution in [0.1, 0.15) is 27.2 Å². The Morgan fingerprint density at radius 3 is 2.92 bits per heavy atom. The van der Waals surface area contributed by atoms with Crippen molar-refractivity contribution in [1.82, 2.24) is 0 Å². The van der Waals surface area contributed by atoms with Crippen molar-refractivity contribution in [3.8, 4) is 0 Å². The third kappa shape index (κ3) is 2.29. The number of carbonyl (C=O) groups is 1. The third-order valence-corrected chi connectivity index (χ3v) is 2.51. The van der Waals surface area contributed by atoms with Gasteiger partial charge in [-0.05, 0) is 32.4 Å². The zero-order valence-electron chi connectivity index (χ0n) is 8.49. The van der Waals surface area contributed by atoms with E-state index in [1.54, 1.807) is 0 Å². The van der Waals surface area contributed by atoms with Gasteiger partial charge in [0.05, 0.1) is 18.6 Å². The molecular weight excluding hydrogens is 166 g/mol. The van der Waals surface area contributed by atoms with Crippen molar-refractivity contribution >= 4 is 12.2 Å². The number of rotatable bonds is 3. The molecular formula is C10H17NO2. The van der Waals surface area contributed by atoms with Gasteiger partial charge in [0, 0.05) is 0 Å². The van der Waals surface area contributed by atoms with Crippen LogP contribution in [0.2, 0.25) is 0 Å². The molecule has 3 atom stereocenters. The van der Waals surface area contributed by atoms with Crippen LogP contribution in [0.25, 0.3) is 0 Å². The molecule has 0 aliphatic carbocycles. The average Bonchev–Trinajstić information content (AvgIpc) is 2.50. The number of hydrogen-bond donors (Lipinski definition) is 0. The van der Waals surface area contributed by atoms with Crippen LogP contribution in [-0.4, -0.2) is 24.8 Å². The first-order valence-corrected chi connectivity index (χ1v) is 4.85. The summed E-state index contributed by atoms with van der Waals surface area (Å²) in [6.45, 7) is 6.29. The molecule has 0 amide bonds. The van der Waals surface area contributed by atoms with Crippen LogP contribution < -0.4 is 0 Å². The molecule has 0 unspecified atom stereocenters. The molecule has 1 rings (SSSR count). The van der Waals surface area contributed by atoms with Gasteiger partial charge in [-0.1, -0.05) is 6.92 Å². The molecule has 0 fully saturated rings. The second kappa shape index (κ2) is 4.40. The first kappa shape index (κ1) is 10.2. The lowest BCUT2D eigenvalue weighted by molar-refractivity contribution is -0.148. The first-order chi connectivity index (χ1) is 6.16. The Bertz CT molecular complexity index is 213. The van der Waals surface area contributed by atoms with Crippen LogP contribution >= 0.6 is 0 Å². The van der Waals surface area contributed by atoms with E-state index in [1.807, 2.05) is 20.1 Å². The largest absolute Gasteiger partial charge is 0.466 e. The summed E-state index contributed by atoms with van der Waals surface area (Å²) in [7, 11) is 0. The number of ether oxygens (including phenoxy) is 1. The Morgan fingerprint density at radius 1 is 1.77 bits per heavy atom. The van der Waals surface area contributed by atoms with Crippen molar-refractivity contribution in [2.45, 2.75) is 33.2 Å². The molecule has 74 valence electrons. The van der Waals surface area contributed by atoms with E-state index in [1.165, 1.54) is 0 Å². The van der Waals surface area contributed by atoms with Crippen molar-refractivity contribution in [1.29, 1.82) is 0 Å². The van der Waals surface area contributed by atoms with Crippen molar-refractivity contribution in [3.05, 3.63) is 0 Å². The smallest absolute Gasteiger partial charge is 0.310 e. The number of esters is 1. The molecule has 1 aliphatic rings. The molecule has 0 aromatic rings. The van der Waals surface area contributed by atoms with Gasteiger partial charge in [0.15, 0.2) is 0 Å². The molecule has 0 saturated heterocycles. The average molecular weight is 183 g/mol. The zero-order chi connectivity index (χ0) is 9.84. The van der Waals surface area contributed by atoms with Gasteiger partial charge >= 0.3 is 5.97 Å². The fraction of sp³-hybridized carbons (Fsp3) is 0.800. The minimum atomic E-state index is -0.126. The van der Waals surface area contributed by atoms with E-state index in [0.29, 0.717) is 12.5 Å². The summed E-state index contributed by atoms with van der Waals surface area (Å²) in [5.41, 5.74) is 0. The maximum absolute atomic E-state index is 11.4. The van der Waals surface area contributed by atoms with E-state index >= 15 is 0 Å². The highest BCUT2D eigenvalue weighted by Gasteiger charge is 2.31. The van der Waals surface area contributed by atoms with Crippen molar-refractivity contribution in [2.75, 3.05) is 6.61 Å². The van der Waals surface area contributed by atoms with Crippen LogP contribution in [0, 0.1) is 11.8 Å². The van der Waals surface area contributed by atoms with E-state index in [2.05, 4.69) is 11.9 Å². The monoisotopic (exact) mass is 183 g/mol. The quantitative estimate of drug-likeness (QED) is 0.624. The van der Waals surface area contributed by atoms with Gasteiger partial charge in [-0.2, -0.15) is 0 Å². The minimum Gasteiger partial charge on any atom is -0.466 e. The summed E-state index contributed by atoms with van der Waals surface area (Å²) < 4.78 is 4.95. The van der Waals surface area contributed by atoms with Gasteiger partial charge in [-0.15, -0.1) is 0 Å². The molecule has 13 heavy (non-hydrogen) atoms. The van der Waals surface area contributed by atoms with Crippen molar-refractivity contribution < 1.29 is 9.53 Å². The topological polar surface area (TPSA) is 38.7 Å². The lowest BCUT2D eigenvalue weighted by atomic mass is 9.92. The van der Waals surface area contributed by atoms with Gasteiger partial charge < -0.3 is 4.74 Å². The van der Waals surface area contributed by atoms with Crippen LogP contribution in [0.3, 0.4) is 0 Å². The van der Waals surface area contributed by atoms with Gasteiger partial charge in [0.2, 0.25) is 0 Å². The van der Waals surface area contributed by atoms with Crippen LogP contribution in [-0.2, 0) is 9.53 Å². The lowest BCUT2D eigenvalue weighted by Gasteiger charge is -2.19. The predicted octanol–water partition coefficient (Wildman–Crippen LogP) is 1.66. The Labute approximate surface area is 79.2 Å². The van der Waals surface area contributed by atoms with Gasteiger partial charge in [-0.3, -0.25) is 9.79 Å². The molecule has 0 N–H and O–H groups in total. The summed E-state index contributed by atoms with van der Waals surface area (Å²) in [5, 5.41) is 0. The maximum atomic E-state index is 11.4. The second-order valence-corrected chi connectivity index (χ2v) is 3.58. The predicted molar refractivity (Wildman–Crippen MR) is 51.9 cm³/mol. The second-order valence-electron chi connectivity index (χ2n) is 3.58. The molecule has 0 bridgehead atoms. The van der Waals surface area contributed by atoms with Crippen molar-refractivity contribution in [3.63, 3.8) is 0 Å². The summed E-state index contributed by atoms with van der Waals surface area (Å²) >= 11 is 0. The summed E-state index contributed by atoms with van der Waals surface area (Å²) in [6, 6.07) is 0.124. The molecule has 0 aromatic carbocycles. The van der Waals surface area contributed by atoms with Gasteiger partial charge in [0.1, 0.15) is 0 Å². The Kier molecular flexibility index (Phi) is 3.46. The van der Waals surface area contributed by atoms with Crippen LogP contribution in [0.4, 0.5) is 0 Å². The highest BCUT2D eigenvalue weighted by atomic mass is 16.5. The molecule has 3 nitrogen and oxygen atoms in total. The highest BCUT2D eigenvalue weighted by Crippen LogP contribution is 2.24. The standard InChI is InChI=1S/C10H17NO2/c1-4-13-10(12)8(3)9-7(2)5-6-11-9/h6-9H,4-5H2,1-3H3/t7-,8-,9-/m0/s1. The van der Waals surface area contributed by atoms with E-state index < -0.39 is 0 Å². The van der Waals surface area contributed by atoms with Crippen LogP contribution in [0.15, 0.2) is 4.99 Å². The number of carbonyl (C=O) groups excluding carboxylic acids is 1. The Morgan fingerprint density at radius 2 is 2.46 bits per heavy atom. The summed E-state index contributed by atoms with van der Waals surface area (Å²) in [6.07, 6.45) is 2.89. The zero-order valence-corrected chi connectivity index (χ0v) is 8.49.